The van der Waals surface area contributed by atoms with Gasteiger partial charge in [-0.05, 0) is 19.9 Å². The largest absolute Gasteiger partial charge is 0.350 e. The SMILES string of the molecule is CC1(C(=O)NCC(F)F)CCNC1. The van der Waals surface area contributed by atoms with Gasteiger partial charge < -0.3 is 10.6 Å². The molecule has 0 aromatic rings. The Bertz CT molecular complexity index is 191. The molecular formula is C8H14F2N2O. The van der Waals surface area contributed by atoms with Crippen molar-refractivity contribution in [2.24, 2.45) is 5.41 Å². The van der Waals surface area contributed by atoms with E-state index in [1.165, 1.54) is 0 Å². The number of alkyl halides is 2. The van der Waals surface area contributed by atoms with Gasteiger partial charge in [-0.15, -0.1) is 0 Å². The van der Waals surface area contributed by atoms with Crippen LogP contribution in [-0.4, -0.2) is 32.0 Å². The number of nitrogens with one attached hydrogen (secondary N) is 2. The summed E-state index contributed by atoms with van der Waals surface area (Å²) in [4.78, 5) is 11.4. The molecular weight excluding hydrogens is 178 g/mol. The van der Waals surface area contributed by atoms with Crippen molar-refractivity contribution in [2.45, 2.75) is 19.8 Å². The Kier molecular flexibility index (Phi) is 3.19. The highest BCUT2D eigenvalue weighted by molar-refractivity contribution is 5.82. The van der Waals surface area contributed by atoms with Gasteiger partial charge in [-0.1, -0.05) is 0 Å². The summed E-state index contributed by atoms with van der Waals surface area (Å²) < 4.78 is 23.6. The first-order chi connectivity index (χ1) is 6.04. The molecule has 13 heavy (non-hydrogen) atoms. The maximum atomic E-state index is 11.8. The minimum absolute atomic E-state index is 0.280. The van der Waals surface area contributed by atoms with Gasteiger partial charge in [0.05, 0.1) is 12.0 Å². The van der Waals surface area contributed by atoms with Crippen molar-refractivity contribution in [3.05, 3.63) is 0 Å². The van der Waals surface area contributed by atoms with Crippen molar-refractivity contribution in [1.29, 1.82) is 0 Å². The topological polar surface area (TPSA) is 41.1 Å². The lowest BCUT2D eigenvalue weighted by atomic mass is 9.89. The first-order valence-electron chi connectivity index (χ1n) is 4.32. The van der Waals surface area contributed by atoms with Gasteiger partial charge >= 0.3 is 0 Å². The average molecular weight is 192 g/mol. The third kappa shape index (κ3) is 2.62. The molecule has 1 atom stereocenters. The van der Waals surface area contributed by atoms with E-state index < -0.39 is 18.4 Å². The Balaban J connectivity index is 2.38. The predicted molar refractivity (Wildman–Crippen MR) is 44.6 cm³/mol. The van der Waals surface area contributed by atoms with E-state index in [1.54, 1.807) is 6.92 Å². The summed E-state index contributed by atoms with van der Waals surface area (Å²) in [6, 6.07) is 0. The summed E-state index contributed by atoms with van der Waals surface area (Å²) in [7, 11) is 0. The standard InChI is InChI=1S/C8H14F2N2O/c1-8(2-3-11-5-8)7(13)12-4-6(9)10/h6,11H,2-5H2,1H3,(H,12,13). The summed E-state index contributed by atoms with van der Waals surface area (Å²) in [6.07, 6.45) is -1.76. The molecule has 3 nitrogen and oxygen atoms in total. The van der Waals surface area contributed by atoms with E-state index in [-0.39, 0.29) is 5.91 Å². The Morgan fingerprint density at radius 3 is 2.85 bits per heavy atom. The van der Waals surface area contributed by atoms with Gasteiger partial charge in [-0.2, -0.15) is 0 Å². The zero-order chi connectivity index (χ0) is 9.90. The smallest absolute Gasteiger partial charge is 0.255 e. The Morgan fingerprint density at radius 1 is 1.69 bits per heavy atom. The molecule has 1 amide bonds. The molecule has 2 N–H and O–H groups in total. The highest BCUT2D eigenvalue weighted by Gasteiger charge is 2.36. The zero-order valence-electron chi connectivity index (χ0n) is 7.57. The second-order valence-electron chi connectivity index (χ2n) is 3.59. The van der Waals surface area contributed by atoms with E-state index in [4.69, 9.17) is 0 Å². The molecule has 0 saturated carbocycles. The number of rotatable bonds is 3. The van der Waals surface area contributed by atoms with Crippen LogP contribution in [0.3, 0.4) is 0 Å². The molecule has 0 aliphatic carbocycles. The van der Waals surface area contributed by atoms with Crippen molar-refractivity contribution in [1.82, 2.24) is 10.6 Å². The Labute approximate surface area is 75.9 Å². The number of halogens is 2. The van der Waals surface area contributed by atoms with Gasteiger partial charge in [0.25, 0.3) is 6.43 Å². The van der Waals surface area contributed by atoms with Crippen LogP contribution in [0, 0.1) is 5.41 Å². The number of carbonyl (C=O) groups is 1. The van der Waals surface area contributed by atoms with E-state index in [2.05, 4.69) is 10.6 Å². The van der Waals surface area contributed by atoms with Crippen molar-refractivity contribution in [3.63, 3.8) is 0 Å². The molecule has 1 heterocycles. The van der Waals surface area contributed by atoms with Gasteiger partial charge in [0.2, 0.25) is 5.91 Å². The second-order valence-corrected chi connectivity index (χ2v) is 3.59. The average Bonchev–Trinajstić information content (AvgIpc) is 2.49. The summed E-state index contributed by atoms with van der Waals surface area (Å²) >= 11 is 0. The van der Waals surface area contributed by atoms with Gasteiger partial charge in [-0.3, -0.25) is 4.79 Å². The molecule has 1 aliphatic heterocycles. The number of carbonyl (C=O) groups excluding carboxylic acids is 1. The third-order valence-corrected chi connectivity index (χ3v) is 2.33. The van der Waals surface area contributed by atoms with Crippen LogP contribution in [-0.2, 0) is 4.79 Å². The fraction of sp³-hybridized carbons (Fsp3) is 0.875. The minimum Gasteiger partial charge on any atom is -0.350 e. The normalized spacial score (nSPS) is 28.0. The van der Waals surface area contributed by atoms with Crippen LogP contribution in [0.5, 0.6) is 0 Å². The van der Waals surface area contributed by atoms with Crippen LogP contribution in [0.2, 0.25) is 0 Å². The molecule has 1 aliphatic rings. The molecule has 0 aromatic heterocycles. The lowest BCUT2D eigenvalue weighted by Crippen LogP contribution is -2.42. The van der Waals surface area contributed by atoms with E-state index in [9.17, 15) is 13.6 Å². The van der Waals surface area contributed by atoms with Crippen LogP contribution in [0.4, 0.5) is 8.78 Å². The number of amides is 1. The summed E-state index contributed by atoms with van der Waals surface area (Å²) in [5, 5.41) is 5.27. The zero-order valence-corrected chi connectivity index (χ0v) is 7.57. The number of hydrogen-bond donors (Lipinski definition) is 2. The fourth-order valence-electron chi connectivity index (χ4n) is 1.39. The molecule has 76 valence electrons. The predicted octanol–water partition coefficient (Wildman–Crippen LogP) is 0.367. The third-order valence-electron chi connectivity index (χ3n) is 2.33. The molecule has 1 rings (SSSR count). The van der Waals surface area contributed by atoms with Crippen molar-refractivity contribution >= 4 is 5.91 Å². The Hall–Kier alpha value is -0.710. The molecule has 0 spiro atoms. The highest BCUT2D eigenvalue weighted by Crippen LogP contribution is 2.24. The molecule has 5 heteroatoms. The number of hydrogen-bond acceptors (Lipinski definition) is 2. The molecule has 0 aromatic carbocycles. The van der Waals surface area contributed by atoms with Gasteiger partial charge in [-0.25, -0.2) is 8.78 Å². The van der Waals surface area contributed by atoms with E-state index in [1.807, 2.05) is 0 Å². The van der Waals surface area contributed by atoms with Crippen LogP contribution in [0.1, 0.15) is 13.3 Å². The van der Waals surface area contributed by atoms with Gasteiger partial charge in [0.15, 0.2) is 0 Å². The lowest BCUT2D eigenvalue weighted by molar-refractivity contribution is -0.129. The van der Waals surface area contributed by atoms with Gasteiger partial charge in [0.1, 0.15) is 0 Å². The lowest BCUT2D eigenvalue weighted by Gasteiger charge is -2.21. The summed E-state index contributed by atoms with van der Waals surface area (Å²) in [5.74, 6) is -0.280. The first kappa shape index (κ1) is 10.4. The molecule has 1 saturated heterocycles. The monoisotopic (exact) mass is 192 g/mol. The molecule has 0 bridgehead atoms. The van der Waals surface area contributed by atoms with Crippen LogP contribution in [0.25, 0.3) is 0 Å². The first-order valence-corrected chi connectivity index (χ1v) is 4.32. The molecule has 1 fully saturated rings. The van der Waals surface area contributed by atoms with E-state index in [0.29, 0.717) is 13.0 Å². The van der Waals surface area contributed by atoms with Crippen LogP contribution >= 0.6 is 0 Å². The Morgan fingerprint density at radius 2 is 2.38 bits per heavy atom. The summed E-state index contributed by atoms with van der Waals surface area (Å²) in [5.41, 5.74) is -0.505. The van der Waals surface area contributed by atoms with Crippen molar-refractivity contribution < 1.29 is 13.6 Å². The van der Waals surface area contributed by atoms with E-state index >= 15 is 0 Å². The fourth-order valence-corrected chi connectivity index (χ4v) is 1.39. The summed E-state index contributed by atoms with van der Waals surface area (Å²) in [6.45, 7) is 2.59. The molecule has 0 radical (unpaired) electrons. The van der Waals surface area contributed by atoms with Crippen LogP contribution < -0.4 is 10.6 Å². The maximum Gasteiger partial charge on any atom is 0.255 e. The van der Waals surface area contributed by atoms with Crippen molar-refractivity contribution in [3.8, 4) is 0 Å². The van der Waals surface area contributed by atoms with Crippen LogP contribution in [0.15, 0.2) is 0 Å². The molecule has 1 unspecified atom stereocenters. The maximum absolute atomic E-state index is 11.8. The van der Waals surface area contributed by atoms with Crippen molar-refractivity contribution in [2.75, 3.05) is 19.6 Å². The highest BCUT2D eigenvalue weighted by atomic mass is 19.3. The minimum atomic E-state index is -2.47. The quantitative estimate of drug-likeness (QED) is 0.678. The van der Waals surface area contributed by atoms with Gasteiger partial charge in [0, 0.05) is 6.54 Å². The van der Waals surface area contributed by atoms with E-state index in [0.717, 1.165) is 6.54 Å². The second kappa shape index (κ2) is 4.00.